The van der Waals surface area contributed by atoms with E-state index in [1.165, 1.54) is 56.1 Å². The lowest BCUT2D eigenvalue weighted by molar-refractivity contribution is -0.115. The Morgan fingerprint density at radius 1 is 0.855 bits per heavy atom. The Morgan fingerprint density at radius 2 is 1.58 bits per heavy atom. The molecule has 1 heterocycles. The first-order chi connectivity index (χ1) is 26.7. The number of para-hydroxylation sites is 1. The van der Waals surface area contributed by atoms with Crippen LogP contribution < -0.4 is 25.4 Å². The van der Waals surface area contributed by atoms with Crippen molar-refractivity contribution in [2.45, 2.75) is 42.2 Å². The zero-order valence-electron chi connectivity index (χ0n) is 30.8. The molecule has 0 radical (unpaired) electrons. The molecule has 55 heavy (non-hydrogen) atoms. The largest absolute Gasteiger partial charge is 0.493 e. The zero-order chi connectivity index (χ0) is 38.9. The zero-order valence-corrected chi connectivity index (χ0v) is 32.5. The van der Waals surface area contributed by atoms with Gasteiger partial charge < -0.3 is 30.2 Å². The SMILES string of the molecule is COC(=O)c1c(NC(=O)C(C)Sc2cccc(NC(=O)/C(=C\c3cccc(OC)c3OC)NC(=O)c3ccccc3)c2)sc2c1CCC(c1ccccc1)C2. The number of hydrogen-bond acceptors (Lipinski definition) is 9. The van der Waals surface area contributed by atoms with Gasteiger partial charge in [0.2, 0.25) is 5.91 Å². The number of carbonyl (C=O) groups is 4. The maximum absolute atomic E-state index is 13.8. The van der Waals surface area contributed by atoms with E-state index in [9.17, 15) is 19.2 Å². The number of nitrogens with one attached hydrogen (secondary N) is 3. The number of anilines is 2. The van der Waals surface area contributed by atoms with Gasteiger partial charge in [-0.2, -0.15) is 0 Å². The van der Waals surface area contributed by atoms with Crippen LogP contribution in [0.25, 0.3) is 6.08 Å². The van der Waals surface area contributed by atoms with Gasteiger partial charge >= 0.3 is 5.97 Å². The maximum Gasteiger partial charge on any atom is 0.341 e. The molecule has 0 saturated carbocycles. The van der Waals surface area contributed by atoms with Crippen LogP contribution in [-0.4, -0.2) is 50.3 Å². The van der Waals surface area contributed by atoms with Crippen molar-refractivity contribution in [1.82, 2.24) is 5.32 Å². The van der Waals surface area contributed by atoms with Crippen LogP contribution in [0.1, 0.15) is 61.5 Å². The molecule has 12 heteroatoms. The number of ether oxygens (including phenoxy) is 3. The number of fused-ring (bicyclic) bond motifs is 1. The highest BCUT2D eigenvalue weighted by molar-refractivity contribution is 8.00. The number of hydrogen-bond donors (Lipinski definition) is 3. The van der Waals surface area contributed by atoms with Crippen molar-refractivity contribution in [1.29, 1.82) is 0 Å². The van der Waals surface area contributed by atoms with Crippen molar-refractivity contribution in [3.05, 3.63) is 142 Å². The molecular formula is C43H41N3O7S2. The molecular weight excluding hydrogens is 735 g/mol. The quantitative estimate of drug-likeness (QED) is 0.0618. The Morgan fingerprint density at radius 3 is 2.29 bits per heavy atom. The van der Waals surface area contributed by atoms with Crippen molar-refractivity contribution < 1.29 is 33.4 Å². The number of rotatable bonds is 13. The second-order valence-electron chi connectivity index (χ2n) is 12.7. The van der Waals surface area contributed by atoms with Gasteiger partial charge in [0.15, 0.2) is 11.5 Å². The monoisotopic (exact) mass is 775 g/mol. The van der Waals surface area contributed by atoms with Crippen LogP contribution in [0, 0.1) is 0 Å². The summed E-state index contributed by atoms with van der Waals surface area (Å²) in [5, 5.41) is 8.57. The number of benzene rings is 4. The molecule has 0 saturated heterocycles. The molecule has 1 aliphatic rings. The van der Waals surface area contributed by atoms with Crippen LogP contribution in [0.3, 0.4) is 0 Å². The Bertz CT molecular complexity index is 2220. The lowest BCUT2D eigenvalue weighted by Gasteiger charge is -2.22. The fourth-order valence-electron chi connectivity index (χ4n) is 6.44. The second-order valence-corrected chi connectivity index (χ2v) is 15.3. The molecule has 5 aromatic rings. The summed E-state index contributed by atoms with van der Waals surface area (Å²) in [6.45, 7) is 1.78. The van der Waals surface area contributed by atoms with Gasteiger partial charge in [-0.05, 0) is 85.7 Å². The molecule has 0 fully saturated rings. The summed E-state index contributed by atoms with van der Waals surface area (Å²) in [5.74, 6) is -0.589. The molecule has 4 aromatic carbocycles. The van der Waals surface area contributed by atoms with Crippen LogP contribution >= 0.6 is 23.1 Å². The lowest BCUT2D eigenvalue weighted by Crippen LogP contribution is -2.30. The van der Waals surface area contributed by atoms with Crippen molar-refractivity contribution in [2.24, 2.45) is 0 Å². The van der Waals surface area contributed by atoms with E-state index >= 15 is 0 Å². The van der Waals surface area contributed by atoms with Gasteiger partial charge in [0, 0.05) is 26.6 Å². The van der Waals surface area contributed by atoms with Crippen LogP contribution in [0.2, 0.25) is 0 Å². The fourth-order valence-corrected chi connectivity index (χ4v) is 8.69. The van der Waals surface area contributed by atoms with Crippen molar-refractivity contribution in [2.75, 3.05) is 32.0 Å². The first kappa shape index (κ1) is 38.9. The van der Waals surface area contributed by atoms with E-state index in [0.717, 1.165) is 28.2 Å². The first-order valence-electron chi connectivity index (χ1n) is 17.6. The predicted octanol–water partition coefficient (Wildman–Crippen LogP) is 8.35. The number of methoxy groups -OCH3 is 3. The average molecular weight is 776 g/mol. The fraction of sp³-hybridized carbons (Fsp3) is 0.209. The Kier molecular flexibility index (Phi) is 12.7. The van der Waals surface area contributed by atoms with Crippen molar-refractivity contribution >= 4 is 63.6 Å². The first-order valence-corrected chi connectivity index (χ1v) is 19.3. The van der Waals surface area contributed by atoms with Gasteiger partial charge in [-0.3, -0.25) is 14.4 Å². The standard InChI is InChI=1S/C43H41N3O7S2/c1-26(39(47)46-42-37(43(50)53-4)33-22-21-29(24-36(33)55-42)27-13-7-5-8-14-27)54-32-19-12-18-31(25-32)44-41(49)34(45-40(48)28-15-9-6-10-16-28)23-30-17-11-20-35(51-2)38(30)52-3/h5-20,23,25-26,29H,21-22,24H2,1-4H3,(H,44,49)(H,45,48)(H,46,47)/b34-23+. The third kappa shape index (κ3) is 9.28. The van der Waals surface area contributed by atoms with Crippen LogP contribution in [0.4, 0.5) is 10.7 Å². The summed E-state index contributed by atoms with van der Waals surface area (Å²) in [7, 11) is 4.36. The van der Waals surface area contributed by atoms with E-state index in [-0.39, 0.29) is 11.6 Å². The van der Waals surface area contributed by atoms with Gasteiger partial charge in [-0.1, -0.05) is 66.7 Å². The van der Waals surface area contributed by atoms with Gasteiger partial charge in [0.1, 0.15) is 10.7 Å². The lowest BCUT2D eigenvalue weighted by atomic mass is 9.83. The summed E-state index contributed by atoms with van der Waals surface area (Å²) < 4.78 is 16.1. The molecule has 282 valence electrons. The summed E-state index contributed by atoms with van der Waals surface area (Å²) in [6, 6.07) is 31.2. The molecule has 2 unspecified atom stereocenters. The molecule has 0 aliphatic heterocycles. The van der Waals surface area contributed by atoms with Crippen LogP contribution in [0.5, 0.6) is 11.5 Å². The molecule has 3 amide bonds. The van der Waals surface area contributed by atoms with Crippen LogP contribution in [-0.2, 0) is 27.2 Å². The van der Waals surface area contributed by atoms with E-state index in [4.69, 9.17) is 14.2 Å². The molecule has 0 spiro atoms. The summed E-state index contributed by atoms with van der Waals surface area (Å²) in [5.41, 5.74) is 3.95. The second kappa shape index (κ2) is 18.0. The van der Waals surface area contributed by atoms with E-state index in [0.29, 0.717) is 51.2 Å². The minimum absolute atomic E-state index is 0.0265. The van der Waals surface area contributed by atoms with E-state index in [2.05, 4.69) is 28.1 Å². The predicted molar refractivity (Wildman–Crippen MR) is 217 cm³/mol. The number of esters is 1. The normalized spacial score (nSPS) is 14.2. The average Bonchev–Trinajstić information content (AvgIpc) is 3.57. The third-order valence-corrected chi connectivity index (χ3v) is 11.5. The van der Waals surface area contributed by atoms with Gasteiger partial charge in [-0.25, -0.2) is 4.79 Å². The van der Waals surface area contributed by atoms with E-state index < -0.39 is 23.0 Å². The van der Waals surface area contributed by atoms with Gasteiger partial charge in [0.05, 0.1) is 32.1 Å². The van der Waals surface area contributed by atoms with E-state index in [1.807, 2.05) is 24.3 Å². The Hall–Kier alpha value is -5.85. The highest BCUT2D eigenvalue weighted by atomic mass is 32.2. The highest BCUT2D eigenvalue weighted by Gasteiger charge is 2.31. The summed E-state index contributed by atoms with van der Waals surface area (Å²) in [4.78, 5) is 55.4. The number of thioether (sulfide) groups is 1. The molecule has 10 nitrogen and oxygen atoms in total. The molecule has 1 aromatic heterocycles. The molecule has 0 bridgehead atoms. The van der Waals surface area contributed by atoms with Crippen molar-refractivity contribution in [3.8, 4) is 11.5 Å². The highest BCUT2D eigenvalue weighted by Crippen LogP contribution is 2.43. The summed E-state index contributed by atoms with van der Waals surface area (Å²) in [6.07, 6.45) is 3.92. The maximum atomic E-state index is 13.8. The topological polar surface area (TPSA) is 132 Å². The smallest absolute Gasteiger partial charge is 0.341 e. The minimum Gasteiger partial charge on any atom is -0.493 e. The number of carbonyl (C=O) groups excluding carboxylic acids is 4. The molecule has 3 N–H and O–H groups in total. The summed E-state index contributed by atoms with van der Waals surface area (Å²) >= 11 is 2.74. The van der Waals surface area contributed by atoms with Gasteiger partial charge in [-0.15, -0.1) is 23.1 Å². The van der Waals surface area contributed by atoms with Crippen LogP contribution in [0.15, 0.2) is 114 Å². The molecule has 6 rings (SSSR count). The van der Waals surface area contributed by atoms with E-state index in [1.54, 1.807) is 73.7 Å². The molecule has 1 aliphatic carbocycles. The Balaban J connectivity index is 1.18. The number of thiophene rings is 1. The molecule has 2 atom stereocenters. The third-order valence-electron chi connectivity index (χ3n) is 9.20. The van der Waals surface area contributed by atoms with Gasteiger partial charge in [0.25, 0.3) is 11.8 Å². The van der Waals surface area contributed by atoms with Crippen molar-refractivity contribution in [3.63, 3.8) is 0 Å². The minimum atomic E-state index is -0.575. The number of amides is 3. The Labute approximate surface area is 328 Å².